The van der Waals surface area contributed by atoms with E-state index < -0.39 is 5.41 Å². The number of nitriles is 1. The number of amides is 1. The Kier molecular flexibility index (Phi) is 6.36. The van der Waals surface area contributed by atoms with Crippen LogP contribution in [0.1, 0.15) is 43.1 Å². The number of hydrogen-bond donors (Lipinski definition) is 2. The van der Waals surface area contributed by atoms with Gasteiger partial charge in [0.05, 0.1) is 24.7 Å². The number of rotatable bonds is 7. The number of nitrogens with one attached hydrogen (secondary N) is 2. The Morgan fingerprint density at radius 1 is 1.42 bits per heavy atom. The summed E-state index contributed by atoms with van der Waals surface area (Å²) in [5, 5.41) is 15.7. The zero-order valence-electron chi connectivity index (χ0n) is 14.8. The van der Waals surface area contributed by atoms with Crippen molar-refractivity contribution in [3.63, 3.8) is 0 Å². The maximum absolute atomic E-state index is 12.1. The van der Waals surface area contributed by atoms with Crippen LogP contribution in [-0.2, 0) is 11.3 Å². The number of nitrogens with zero attached hydrogens (tertiary/aromatic N) is 1. The summed E-state index contributed by atoms with van der Waals surface area (Å²) in [6, 6.07) is 10.2. The predicted octanol–water partition coefficient (Wildman–Crippen LogP) is 2.48. The minimum absolute atomic E-state index is 0.0357. The topological polar surface area (TPSA) is 74.2 Å². The van der Waals surface area contributed by atoms with E-state index in [4.69, 9.17) is 4.74 Å². The molecule has 130 valence electrons. The number of hydrogen-bond acceptors (Lipinski definition) is 4. The van der Waals surface area contributed by atoms with Gasteiger partial charge in [-0.05, 0) is 38.0 Å². The summed E-state index contributed by atoms with van der Waals surface area (Å²) in [7, 11) is 0. The minimum Gasteiger partial charge on any atom is -0.379 e. The van der Waals surface area contributed by atoms with Gasteiger partial charge < -0.3 is 15.4 Å². The van der Waals surface area contributed by atoms with Crippen LogP contribution in [0.15, 0.2) is 24.3 Å². The minimum atomic E-state index is -0.421. The molecule has 2 rings (SSSR count). The molecule has 1 fully saturated rings. The van der Waals surface area contributed by atoms with Crippen molar-refractivity contribution in [2.45, 2.75) is 39.8 Å². The first-order chi connectivity index (χ1) is 11.5. The van der Waals surface area contributed by atoms with E-state index >= 15 is 0 Å². The lowest BCUT2D eigenvalue weighted by Gasteiger charge is -2.28. The number of carbonyl (C=O) groups excluding carboxylic acids is 1. The van der Waals surface area contributed by atoms with Gasteiger partial charge in [0.2, 0.25) is 0 Å². The van der Waals surface area contributed by atoms with Crippen LogP contribution in [0.25, 0.3) is 0 Å². The van der Waals surface area contributed by atoms with Crippen LogP contribution < -0.4 is 10.6 Å². The number of carbonyl (C=O) groups is 1. The molecular weight excluding hydrogens is 302 g/mol. The molecule has 1 aliphatic rings. The van der Waals surface area contributed by atoms with Crippen molar-refractivity contribution in [1.82, 2.24) is 10.6 Å². The van der Waals surface area contributed by atoms with Crippen molar-refractivity contribution in [3.8, 4) is 6.07 Å². The molecule has 0 saturated carbocycles. The van der Waals surface area contributed by atoms with Crippen molar-refractivity contribution in [2.75, 3.05) is 19.8 Å². The van der Waals surface area contributed by atoms with E-state index in [1.165, 1.54) is 0 Å². The van der Waals surface area contributed by atoms with Crippen molar-refractivity contribution < 1.29 is 9.53 Å². The average Bonchev–Trinajstić information content (AvgIpc) is 3.07. The van der Waals surface area contributed by atoms with Gasteiger partial charge in [-0.1, -0.05) is 19.1 Å². The molecule has 1 aliphatic heterocycles. The second-order valence-corrected chi connectivity index (χ2v) is 6.92. The lowest BCUT2D eigenvalue weighted by Crippen LogP contribution is -2.41. The third-order valence-electron chi connectivity index (χ3n) is 4.59. The summed E-state index contributed by atoms with van der Waals surface area (Å²) < 4.78 is 5.57. The maximum Gasteiger partial charge on any atom is 0.251 e. The SMILES string of the molecule is CCCNC(=O)c1cccc(CNC2COCC2C(C)(C)C#N)c1. The molecule has 1 saturated heterocycles. The smallest absolute Gasteiger partial charge is 0.251 e. The molecule has 0 bridgehead atoms. The standard InChI is InChI=1S/C19H27N3O2/c1-4-8-21-18(23)15-7-5-6-14(9-15)10-22-17-12-24-11-16(17)19(2,3)13-20/h5-7,9,16-17,22H,4,8,10-12H2,1-3H3,(H,21,23). The van der Waals surface area contributed by atoms with Gasteiger partial charge in [0.1, 0.15) is 0 Å². The molecule has 0 radical (unpaired) electrons. The predicted molar refractivity (Wildman–Crippen MR) is 93.4 cm³/mol. The highest BCUT2D eigenvalue weighted by Crippen LogP contribution is 2.32. The van der Waals surface area contributed by atoms with Crippen LogP contribution in [-0.4, -0.2) is 31.7 Å². The van der Waals surface area contributed by atoms with E-state index in [0.717, 1.165) is 12.0 Å². The molecule has 0 spiro atoms. The summed E-state index contributed by atoms with van der Waals surface area (Å²) in [5.41, 5.74) is 1.31. The summed E-state index contributed by atoms with van der Waals surface area (Å²) in [5.74, 6) is 0.130. The van der Waals surface area contributed by atoms with Gasteiger partial charge >= 0.3 is 0 Å². The average molecular weight is 329 g/mol. The highest BCUT2D eigenvalue weighted by atomic mass is 16.5. The Hall–Kier alpha value is -1.90. The Bertz CT molecular complexity index is 607. The summed E-state index contributed by atoms with van der Waals surface area (Å²) >= 11 is 0. The number of benzene rings is 1. The fourth-order valence-corrected chi connectivity index (χ4v) is 2.96. The molecule has 1 heterocycles. The van der Waals surface area contributed by atoms with Gasteiger partial charge in [-0.15, -0.1) is 0 Å². The van der Waals surface area contributed by atoms with Gasteiger partial charge in [-0.2, -0.15) is 5.26 Å². The van der Waals surface area contributed by atoms with E-state index in [0.29, 0.717) is 31.9 Å². The lowest BCUT2D eigenvalue weighted by atomic mass is 9.77. The van der Waals surface area contributed by atoms with Crippen LogP contribution in [0, 0.1) is 22.7 Å². The van der Waals surface area contributed by atoms with E-state index in [9.17, 15) is 10.1 Å². The highest BCUT2D eigenvalue weighted by molar-refractivity contribution is 5.94. The lowest BCUT2D eigenvalue weighted by molar-refractivity contribution is 0.0953. The quantitative estimate of drug-likeness (QED) is 0.806. The van der Waals surface area contributed by atoms with Crippen molar-refractivity contribution in [2.24, 2.45) is 11.3 Å². The van der Waals surface area contributed by atoms with Gasteiger partial charge in [0, 0.05) is 30.6 Å². The monoisotopic (exact) mass is 329 g/mol. The zero-order chi connectivity index (χ0) is 17.6. The fraction of sp³-hybridized carbons (Fsp3) is 0.579. The van der Waals surface area contributed by atoms with E-state index in [1.807, 2.05) is 45.0 Å². The molecule has 2 N–H and O–H groups in total. The molecule has 2 unspecified atom stereocenters. The molecule has 1 aromatic carbocycles. The molecule has 1 amide bonds. The van der Waals surface area contributed by atoms with Gasteiger partial charge in [-0.3, -0.25) is 4.79 Å². The zero-order valence-corrected chi connectivity index (χ0v) is 14.8. The Morgan fingerprint density at radius 3 is 2.92 bits per heavy atom. The second-order valence-electron chi connectivity index (χ2n) is 6.92. The second kappa shape index (κ2) is 8.27. The Morgan fingerprint density at radius 2 is 2.21 bits per heavy atom. The third kappa shape index (κ3) is 4.56. The largest absolute Gasteiger partial charge is 0.379 e. The fourth-order valence-electron chi connectivity index (χ4n) is 2.96. The van der Waals surface area contributed by atoms with Crippen molar-refractivity contribution >= 4 is 5.91 Å². The van der Waals surface area contributed by atoms with E-state index in [1.54, 1.807) is 0 Å². The van der Waals surface area contributed by atoms with Crippen molar-refractivity contribution in [1.29, 1.82) is 5.26 Å². The van der Waals surface area contributed by atoms with E-state index in [2.05, 4.69) is 16.7 Å². The Balaban J connectivity index is 1.97. The molecule has 5 nitrogen and oxygen atoms in total. The van der Waals surface area contributed by atoms with Gasteiger partial charge in [0.15, 0.2) is 0 Å². The molecule has 2 atom stereocenters. The summed E-state index contributed by atoms with van der Waals surface area (Å²) in [4.78, 5) is 12.1. The van der Waals surface area contributed by atoms with Crippen LogP contribution in [0.4, 0.5) is 0 Å². The summed E-state index contributed by atoms with van der Waals surface area (Å²) in [6.45, 7) is 8.51. The Labute approximate surface area is 144 Å². The first-order valence-electron chi connectivity index (χ1n) is 8.57. The summed E-state index contributed by atoms with van der Waals surface area (Å²) in [6.07, 6.45) is 0.921. The third-order valence-corrected chi connectivity index (χ3v) is 4.59. The molecule has 1 aromatic rings. The van der Waals surface area contributed by atoms with Gasteiger partial charge in [0.25, 0.3) is 5.91 Å². The highest BCUT2D eigenvalue weighted by Gasteiger charge is 2.39. The molecule has 24 heavy (non-hydrogen) atoms. The van der Waals surface area contributed by atoms with Crippen molar-refractivity contribution in [3.05, 3.63) is 35.4 Å². The number of ether oxygens (including phenoxy) is 1. The van der Waals surface area contributed by atoms with E-state index in [-0.39, 0.29) is 17.9 Å². The van der Waals surface area contributed by atoms with Crippen LogP contribution in [0.2, 0.25) is 0 Å². The van der Waals surface area contributed by atoms with Crippen LogP contribution in [0.3, 0.4) is 0 Å². The van der Waals surface area contributed by atoms with Gasteiger partial charge in [-0.25, -0.2) is 0 Å². The maximum atomic E-state index is 12.1. The first kappa shape index (κ1) is 18.4. The molecule has 0 aromatic heterocycles. The first-order valence-corrected chi connectivity index (χ1v) is 8.57. The van der Waals surface area contributed by atoms with Crippen LogP contribution >= 0.6 is 0 Å². The molecule has 0 aliphatic carbocycles. The normalized spacial score (nSPS) is 20.6. The van der Waals surface area contributed by atoms with Crippen LogP contribution in [0.5, 0.6) is 0 Å². The molecule has 5 heteroatoms. The molecular formula is C19H27N3O2.